The number of primary amides is 1. The van der Waals surface area contributed by atoms with Crippen molar-refractivity contribution in [3.05, 3.63) is 64.1 Å². The first-order chi connectivity index (χ1) is 9.89. The Kier molecular flexibility index (Phi) is 4.68. The molecule has 0 saturated carbocycles. The van der Waals surface area contributed by atoms with E-state index < -0.39 is 5.54 Å². The van der Waals surface area contributed by atoms with E-state index in [-0.39, 0.29) is 5.91 Å². The zero-order chi connectivity index (χ0) is 15.5. The van der Waals surface area contributed by atoms with Crippen molar-refractivity contribution in [3.63, 3.8) is 0 Å². The van der Waals surface area contributed by atoms with E-state index >= 15 is 0 Å². The SMILES string of the molecule is Cc1cccc(NC(C)(Cc2ccc(Br)cc2)C(N)=O)c1. The van der Waals surface area contributed by atoms with Crippen molar-refractivity contribution in [2.75, 3.05) is 5.32 Å². The van der Waals surface area contributed by atoms with E-state index in [1.54, 1.807) is 0 Å². The van der Waals surface area contributed by atoms with Crippen LogP contribution in [0.4, 0.5) is 5.69 Å². The number of halogens is 1. The lowest BCUT2D eigenvalue weighted by atomic mass is 9.91. The summed E-state index contributed by atoms with van der Waals surface area (Å²) in [6.07, 6.45) is 0.531. The number of hydrogen-bond donors (Lipinski definition) is 2. The number of rotatable bonds is 5. The van der Waals surface area contributed by atoms with Crippen molar-refractivity contribution in [1.82, 2.24) is 0 Å². The Labute approximate surface area is 133 Å². The van der Waals surface area contributed by atoms with Gasteiger partial charge in [-0.2, -0.15) is 0 Å². The van der Waals surface area contributed by atoms with E-state index in [1.807, 2.05) is 62.4 Å². The number of carbonyl (C=O) groups excluding carboxylic acids is 1. The predicted octanol–water partition coefficient (Wildman–Crippen LogP) is 3.66. The van der Waals surface area contributed by atoms with Crippen LogP contribution in [-0.2, 0) is 11.2 Å². The van der Waals surface area contributed by atoms with Gasteiger partial charge in [0.05, 0.1) is 0 Å². The van der Waals surface area contributed by atoms with Crippen molar-refractivity contribution in [3.8, 4) is 0 Å². The van der Waals surface area contributed by atoms with Crippen molar-refractivity contribution in [2.45, 2.75) is 25.8 Å². The quantitative estimate of drug-likeness (QED) is 0.867. The minimum absolute atomic E-state index is 0.369. The van der Waals surface area contributed by atoms with Gasteiger partial charge in [-0.3, -0.25) is 4.79 Å². The molecule has 2 aromatic carbocycles. The molecule has 2 rings (SSSR count). The molecule has 21 heavy (non-hydrogen) atoms. The molecule has 3 nitrogen and oxygen atoms in total. The third-order valence-electron chi connectivity index (χ3n) is 3.45. The number of hydrogen-bond acceptors (Lipinski definition) is 2. The fourth-order valence-electron chi connectivity index (χ4n) is 2.24. The zero-order valence-electron chi connectivity index (χ0n) is 12.2. The fourth-order valence-corrected chi connectivity index (χ4v) is 2.51. The van der Waals surface area contributed by atoms with Crippen molar-refractivity contribution in [2.24, 2.45) is 5.73 Å². The Morgan fingerprint density at radius 3 is 2.48 bits per heavy atom. The molecule has 0 aliphatic carbocycles. The van der Waals surface area contributed by atoms with Gasteiger partial charge in [-0.1, -0.05) is 40.2 Å². The molecule has 1 amide bonds. The van der Waals surface area contributed by atoms with E-state index in [1.165, 1.54) is 0 Å². The third kappa shape index (κ3) is 4.08. The van der Waals surface area contributed by atoms with Gasteiger partial charge in [0.1, 0.15) is 5.54 Å². The average molecular weight is 347 g/mol. The standard InChI is InChI=1S/C17H19BrN2O/c1-12-4-3-5-15(10-12)20-17(2,16(19)21)11-13-6-8-14(18)9-7-13/h3-10,20H,11H2,1-2H3,(H2,19,21). The maximum atomic E-state index is 11.9. The van der Waals surface area contributed by atoms with E-state index in [4.69, 9.17) is 5.73 Å². The van der Waals surface area contributed by atoms with Crippen LogP contribution < -0.4 is 11.1 Å². The fraction of sp³-hybridized carbons (Fsp3) is 0.235. The largest absolute Gasteiger partial charge is 0.371 e. The Balaban J connectivity index is 2.23. The Hall–Kier alpha value is -1.81. The number of amides is 1. The van der Waals surface area contributed by atoms with Gasteiger partial charge < -0.3 is 11.1 Å². The lowest BCUT2D eigenvalue weighted by Gasteiger charge is -2.29. The van der Waals surface area contributed by atoms with E-state index in [9.17, 15) is 4.79 Å². The second kappa shape index (κ2) is 6.31. The molecule has 0 aliphatic heterocycles. The highest BCUT2D eigenvalue weighted by atomic mass is 79.9. The molecule has 0 aliphatic rings. The van der Waals surface area contributed by atoms with Gasteiger partial charge >= 0.3 is 0 Å². The molecule has 2 aromatic rings. The molecule has 1 atom stereocenters. The molecule has 1 unspecified atom stereocenters. The van der Waals surface area contributed by atoms with Gasteiger partial charge in [0, 0.05) is 16.6 Å². The van der Waals surface area contributed by atoms with Crippen LogP contribution in [-0.4, -0.2) is 11.4 Å². The summed E-state index contributed by atoms with van der Waals surface area (Å²) in [6.45, 7) is 3.85. The van der Waals surface area contributed by atoms with Gasteiger partial charge in [0.2, 0.25) is 5.91 Å². The number of anilines is 1. The molecule has 4 heteroatoms. The smallest absolute Gasteiger partial charge is 0.243 e. The van der Waals surface area contributed by atoms with Crippen LogP contribution in [0.5, 0.6) is 0 Å². The lowest BCUT2D eigenvalue weighted by molar-refractivity contribution is -0.121. The molecule has 0 radical (unpaired) electrons. The number of nitrogens with two attached hydrogens (primary N) is 1. The number of benzene rings is 2. The molecule has 0 aromatic heterocycles. The zero-order valence-corrected chi connectivity index (χ0v) is 13.8. The van der Waals surface area contributed by atoms with Crippen LogP contribution in [0, 0.1) is 6.92 Å². The number of aryl methyl sites for hydroxylation is 1. The summed E-state index contributed by atoms with van der Waals surface area (Å²) >= 11 is 3.41. The minimum Gasteiger partial charge on any atom is -0.371 e. The Morgan fingerprint density at radius 2 is 1.90 bits per heavy atom. The Morgan fingerprint density at radius 1 is 1.24 bits per heavy atom. The maximum Gasteiger partial charge on any atom is 0.243 e. The van der Waals surface area contributed by atoms with Crippen LogP contribution in [0.15, 0.2) is 53.0 Å². The lowest BCUT2D eigenvalue weighted by Crippen LogP contribution is -2.49. The van der Waals surface area contributed by atoms with Gasteiger partial charge in [0.25, 0.3) is 0 Å². The molecular formula is C17H19BrN2O. The van der Waals surface area contributed by atoms with Gasteiger partial charge in [-0.25, -0.2) is 0 Å². The molecular weight excluding hydrogens is 328 g/mol. The molecule has 0 bridgehead atoms. The average Bonchev–Trinajstić information content (AvgIpc) is 2.41. The molecule has 0 heterocycles. The van der Waals surface area contributed by atoms with Crippen molar-refractivity contribution in [1.29, 1.82) is 0 Å². The first kappa shape index (κ1) is 15.6. The summed E-state index contributed by atoms with van der Waals surface area (Å²) in [5.41, 5.74) is 7.88. The minimum atomic E-state index is -0.832. The molecule has 110 valence electrons. The second-order valence-corrected chi connectivity index (χ2v) is 6.41. The molecule has 0 saturated heterocycles. The number of nitrogens with one attached hydrogen (secondary N) is 1. The van der Waals surface area contributed by atoms with Crippen LogP contribution in [0.1, 0.15) is 18.1 Å². The van der Waals surface area contributed by atoms with Crippen LogP contribution in [0.25, 0.3) is 0 Å². The molecule has 0 spiro atoms. The van der Waals surface area contributed by atoms with E-state index in [2.05, 4.69) is 21.2 Å². The molecule has 0 fully saturated rings. The topological polar surface area (TPSA) is 55.1 Å². The third-order valence-corrected chi connectivity index (χ3v) is 3.98. The summed E-state index contributed by atoms with van der Waals surface area (Å²) in [7, 11) is 0. The van der Waals surface area contributed by atoms with Crippen LogP contribution in [0.2, 0.25) is 0 Å². The van der Waals surface area contributed by atoms with Crippen LogP contribution in [0.3, 0.4) is 0 Å². The van der Waals surface area contributed by atoms with Gasteiger partial charge in [0.15, 0.2) is 0 Å². The molecule has 3 N–H and O–H groups in total. The van der Waals surface area contributed by atoms with Crippen molar-refractivity contribution < 1.29 is 4.79 Å². The van der Waals surface area contributed by atoms with Gasteiger partial charge in [-0.05, 0) is 49.2 Å². The highest BCUT2D eigenvalue weighted by molar-refractivity contribution is 9.10. The first-order valence-electron chi connectivity index (χ1n) is 6.78. The van der Waals surface area contributed by atoms with E-state index in [0.717, 1.165) is 21.3 Å². The predicted molar refractivity (Wildman–Crippen MR) is 90.2 cm³/mol. The summed E-state index contributed by atoms with van der Waals surface area (Å²) in [4.78, 5) is 11.9. The summed E-state index contributed by atoms with van der Waals surface area (Å²) in [5, 5.41) is 3.27. The summed E-state index contributed by atoms with van der Waals surface area (Å²) in [6, 6.07) is 15.8. The Bertz CT molecular complexity index is 639. The number of carbonyl (C=O) groups is 1. The second-order valence-electron chi connectivity index (χ2n) is 5.49. The highest BCUT2D eigenvalue weighted by Crippen LogP contribution is 2.22. The summed E-state index contributed by atoms with van der Waals surface area (Å²) < 4.78 is 1.01. The van der Waals surface area contributed by atoms with E-state index in [0.29, 0.717) is 6.42 Å². The first-order valence-corrected chi connectivity index (χ1v) is 7.57. The van der Waals surface area contributed by atoms with Crippen molar-refractivity contribution >= 4 is 27.5 Å². The normalized spacial score (nSPS) is 13.5. The monoisotopic (exact) mass is 346 g/mol. The van der Waals surface area contributed by atoms with Gasteiger partial charge in [-0.15, -0.1) is 0 Å². The summed E-state index contributed by atoms with van der Waals surface area (Å²) in [5.74, 6) is -0.369. The maximum absolute atomic E-state index is 11.9. The van der Waals surface area contributed by atoms with Crippen LogP contribution >= 0.6 is 15.9 Å². The highest BCUT2D eigenvalue weighted by Gasteiger charge is 2.31.